The standard InChI is InChI=1S/C15H24O6/c1-12(16)11-20-14(18)9-7-5-3-4-6-8-10-15(19)21-13(2)17/h3-11H2,1-2H3. The Balaban J connectivity index is 3.33. The lowest BCUT2D eigenvalue weighted by atomic mass is 10.1. The third kappa shape index (κ3) is 14.5. The average molecular weight is 300 g/mol. The van der Waals surface area contributed by atoms with E-state index in [4.69, 9.17) is 4.74 Å². The zero-order valence-electron chi connectivity index (χ0n) is 12.8. The predicted octanol–water partition coefficient (Wildman–Crippen LogP) is 2.33. The largest absolute Gasteiger partial charge is 0.458 e. The molecule has 0 aliphatic carbocycles. The lowest BCUT2D eigenvalue weighted by Crippen LogP contribution is -2.10. The molecule has 0 unspecified atom stereocenters. The van der Waals surface area contributed by atoms with Gasteiger partial charge in [-0.05, 0) is 19.8 Å². The summed E-state index contributed by atoms with van der Waals surface area (Å²) < 4.78 is 9.15. The van der Waals surface area contributed by atoms with Crippen LogP contribution >= 0.6 is 0 Å². The number of hydrogen-bond donors (Lipinski definition) is 0. The number of ether oxygens (including phenoxy) is 2. The molecule has 6 heteroatoms. The van der Waals surface area contributed by atoms with E-state index in [1.54, 1.807) is 0 Å². The summed E-state index contributed by atoms with van der Waals surface area (Å²) in [5.74, 6) is -1.55. The fraction of sp³-hybridized carbons (Fsp3) is 0.733. The minimum absolute atomic E-state index is 0.144. The van der Waals surface area contributed by atoms with Gasteiger partial charge < -0.3 is 9.47 Å². The molecule has 0 bridgehead atoms. The van der Waals surface area contributed by atoms with Gasteiger partial charge in [0.1, 0.15) is 6.61 Å². The van der Waals surface area contributed by atoms with Crippen LogP contribution in [0.1, 0.15) is 65.2 Å². The van der Waals surface area contributed by atoms with Gasteiger partial charge in [-0.3, -0.25) is 19.2 Å². The molecule has 0 N–H and O–H groups in total. The Bertz CT molecular complexity index is 361. The van der Waals surface area contributed by atoms with E-state index in [1.807, 2.05) is 0 Å². The second-order valence-electron chi connectivity index (χ2n) is 4.95. The maximum Gasteiger partial charge on any atom is 0.313 e. The van der Waals surface area contributed by atoms with E-state index >= 15 is 0 Å². The Kier molecular flexibility index (Phi) is 11.1. The second-order valence-corrected chi connectivity index (χ2v) is 4.95. The zero-order valence-corrected chi connectivity index (χ0v) is 12.8. The Hall–Kier alpha value is -1.72. The molecule has 21 heavy (non-hydrogen) atoms. The summed E-state index contributed by atoms with van der Waals surface area (Å²) >= 11 is 0. The summed E-state index contributed by atoms with van der Waals surface area (Å²) in [6, 6.07) is 0. The molecule has 0 saturated heterocycles. The van der Waals surface area contributed by atoms with Crippen LogP contribution in [0.15, 0.2) is 0 Å². The molecule has 120 valence electrons. The van der Waals surface area contributed by atoms with Gasteiger partial charge in [-0.2, -0.15) is 0 Å². The van der Waals surface area contributed by atoms with E-state index < -0.39 is 11.9 Å². The highest BCUT2D eigenvalue weighted by molar-refractivity contribution is 5.84. The van der Waals surface area contributed by atoms with E-state index in [1.165, 1.54) is 13.8 Å². The maximum absolute atomic E-state index is 11.2. The SMILES string of the molecule is CC(=O)COC(=O)CCCCCCCCC(=O)OC(C)=O. The number of carbonyl (C=O) groups excluding carboxylic acids is 4. The monoisotopic (exact) mass is 300 g/mol. The van der Waals surface area contributed by atoms with Crippen molar-refractivity contribution >= 4 is 23.7 Å². The Labute approximate surface area is 125 Å². The summed E-state index contributed by atoms with van der Waals surface area (Å²) in [5.41, 5.74) is 0. The zero-order chi connectivity index (χ0) is 16.1. The quantitative estimate of drug-likeness (QED) is 0.330. The first-order valence-electron chi connectivity index (χ1n) is 7.28. The number of unbranched alkanes of at least 4 members (excludes halogenated alkanes) is 5. The molecule has 0 saturated carbocycles. The first-order valence-corrected chi connectivity index (χ1v) is 7.28. The van der Waals surface area contributed by atoms with Crippen molar-refractivity contribution in [2.45, 2.75) is 65.2 Å². The number of esters is 3. The van der Waals surface area contributed by atoms with Gasteiger partial charge in [-0.25, -0.2) is 0 Å². The van der Waals surface area contributed by atoms with Crippen molar-refractivity contribution in [2.75, 3.05) is 6.61 Å². The fourth-order valence-electron chi connectivity index (χ4n) is 1.71. The molecule has 6 nitrogen and oxygen atoms in total. The van der Waals surface area contributed by atoms with E-state index in [9.17, 15) is 19.2 Å². The lowest BCUT2D eigenvalue weighted by Gasteiger charge is -2.03. The van der Waals surface area contributed by atoms with E-state index in [0.29, 0.717) is 12.8 Å². The molecule has 0 atom stereocenters. The van der Waals surface area contributed by atoms with Crippen molar-refractivity contribution < 1.29 is 28.7 Å². The molecule has 0 radical (unpaired) electrons. The minimum Gasteiger partial charge on any atom is -0.458 e. The first-order chi connectivity index (χ1) is 9.91. The number of carbonyl (C=O) groups is 4. The van der Waals surface area contributed by atoms with Gasteiger partial charge in [0, 0.05) is 19.8 Å². The van der Waals surface area contributed by atoms with Crippen LogP contribution < -0.4 is 0 Å². The van der Waals surface area contributed by atoms with Gasteiger partial charge in [0.05, 0.1) is 0 Å². The molecule has 0 amide bonds. The van der Waals surface area contributed by atoms with Crippen LogP contribution in [-0.2, 0) is 28.7 Å². The lowest BCUT2D eigenvalue weighted by molar-refractivity contribution is -0.158. The van der Waals surface area contributed by atoms with E-state index in [2.05, 4.69) is 4.74 Å². The molecule has 0 aromatic carbocycles. The van der Waals surface area contributed by atoms with Crippen LogP contribution in [0.5, 0.6) is 0 Å². The van der Waals surface area contributed by atoms with Crippen LogP contribution in [0.25, 0.3) is 0 Å². The number of Topliss-reactive ketones (excluding diaryl/α,β-unsaturated/α-hetero) is 1. The van der Waals surface area contributed by atoms with Crippen molar-refractivity contribution in [1.82, 2.24) is 0 Å². The highest BCUT2D eigenvalue weighted by atomic mass is 16.6. The molecule has 0 aliphatic heterocycles. The third-order valence-corrected chi connectivity index (χ3v) is 2.71. The van der Waals surface area contributed by atoms with Crippen LogP contribution in [-0.4, -0.2) is 30.3 Å². The summed E-state index contributed by atoms with van der Waals surface area (Å²) in [4.78, 5) is 43.4. The summed E-state index contributed by atoms with van der Waals surface area (Å²) in [6.07, 6.45) is 5.78. The van der Waals surface area contributed by atoms with Gasteiger partial charge in [0.25, 0.3) is 0 Å². The Morgan fingerprint density at radius 3 is 1.67 bits per heavy atom. The third-order valence-electron chi connectivity index (χ3n) is 2.71. The van der Waals surface area contributed by atoms with Crippen molar-refractivity contribution in [3.05, 3.63) is 0 Å². The highest BCUT2D eigenvalue weighted by Gasteiger charge is 2.06. The normalized spacial score (nSPS) is 10.0. The Morgan fingerprint density at radius 2 is 1.19 bits per heavy atom. The maximum atomic E-state index is 11.2. The summed E-state index contributed by atoms with van der Waals surface area (Å²) in [5, 5.41) is 0. The van der Waals surface area contributed by atoms with Gasteiger partial charge in [0.2, 0.25) is 0 Å². The predicted molar refractivity (Wildman–Crippen MR) is 75.3 cm³/mol. The number of ketones is 1. The smallest absolute Gasteiger partial charge is 0.313 e. The molecule has 0 aromatic rings. The number of rotatable bonds is 11. The molecular formula is C15H24O6. The molecule has 0 rings (SSSR count). The summed E-state index contributed by atoms with van der Waals surface area (Å²) in [7, 11) is 0. The molecule has 0 aromatic heterocycles. The van der Waals surface area contributed by atoms with Crippen molar-refractivity contribution in [1.29, 1.82) is 0 Å². The average Bonchev–Trinajstić information content (AvgIpc) is 2.38. The van der Waals surface area contributed by atoms with Crippen molar-refractivity contribution in [2.24, 2.45) is 0 Å². The van der Waals surface area contributed by atoms with Crippen LogP contribution in [0.3, 0.4) is 0 Å². The number of hydrogen-bond acceptors (Lipinski definition) is 6. The van der Waals surface area contributed by atoms with Crippen molar-refractivity contribution in [3.63, 3.8) is 0 Å². The first kappa shape index (κ1) is 19.3. The molecule has 0 spiro atoms. The van der Waals surface area contributed by atoms with Gasteiger partial charge in [0.15, 0.2) is 5.78 Å². The van der Waals surface area contributed by atoms with E-state index in [0.717, 1.165) is 32.1 Å². The van der Waals surface area contributed by atoms with Crippen molar-refractivity contribution in [3.8, 4) is 0 Å². The molecular weight excluding hydrogens is 276 g/mol. The fourth-order valence-corrected chi connectivity index (χ4v) is 1.71. The van der Waals surface area contributed by atoms with Crippen LogP contribution in [0, 0.1) is 0 Å². The minimum atomic E-state index is -0.573. The Morgan fingerprint density at radius 1 is 0.714 bits per heavy atom. The molecule has 0 fully saturated rings. The van der Waals surface area contributed by atoms with Gasteiger partial charge in [-0.1, -0.05) is 25.7 Å². The van der Waals surface area contributed by atoms with Crippen LogP contribution in [0.2, 0.25) is 0 Å². The van der Waals surface area contributed by atoms with Gasteiger partial charge in [-0.15, -0.1) is 0 Å². The van der Waals surface area contributed by atoms with E-state index in [-0.39, 0.29) is 24.8 Å². The second kappa shape index (κ2) is 12.1. The molecule has 0 heterocycles. The highest BCUT2D eigenvalue weighted by Crippen LogP contribution is 2.09. The topological polar surface area (TPSA) is 86.7 Å². The van der Waals surface area contributed by atoms with Crippen LogP contribution in [0.4, 0.5) is 0 Å². The molecule has 0 aliphatic rings. The van der Waals surface area contributed by atoms with Gasteiger partial charge >= 0.3 is 17.9 Å². The summed E-state index contributed by atoms with van der Waals surface area (Å²) in [6.45, 7) is 2.44.